The Morgan fingerprint density at radius 2 is 1.65 bits per heavy atom. The number of hydrogen-bond acceptors (Lipinski definition) is 6. The van der Waals surface area contributed by atoms with Crippen LogP contribution >= 0.6 is 0 Å². The molecule has 2 aromatic rings. The highest BCUT2D eigenvalue weighted by Crippen LogP contribution is 2.15. The highest BCUT2D eigenvalue weighted by molar-refractivity contribution is 7.86. The van der Waals surface area contributed by atoms with Crippen LogP contribution in [0.1, 0.15) is 18.1 Å². The largest absolute Gasteiger partial charge is 0.461 e. The Balaban J connectivity index is 1.74. The van der Waals surface area contributed by atoms with E-state index < -0.39 is 22.2 Å². The van der Waals surface area contributed by atoms with E-state index in [4.69, 9.17) is 13.7 Å². The number of ether oxygens (including phenoxy) is 2. The molecule has 0 fully saturated rings. The van der Waals surface area contributed by atoms with E-state index in [9.17, 15) is 13.2 Å². The number of benzene rings is 2. The fraction of sp³-hybridized carbons (Fsp3) is 0.316. The van der Waals surface area contributed by atoms with Crippen molar-refractivity contribution >= 4 is 16.1 Å². The number of carbonyl (C=O) groups excluding carboxylic acids is 1. The van der Waals surface area contributed by atoms with Crippen LogP contribution in [0.5, 0.6) is 0 Å². The summed E-state index contributed by atoms with van der Waals surface area (Å²) in [6.45, 7) is 3.81. The minimum atomic E-state index is -4.02. The monoisotopic (exact) mass is 378 g/mol. The molecule has 0 aliphatic rings. The van der Waals surface area contributed by atoms with Crippen molar-refractivity contribution in [1.29, 1.82) is 0 Å². The highest BCUT2D eigenvalue weighted by Gasteiger charge is 2.24. The van der Waals surface area contributed by atoms with Gasteiger partial charge >= 0.3 is 5.97 Å². The van der Waals surface area contributed by atoms with Crippen molar-refractivity contribution in [2.75, 3.05) is 13.2 Å². The zero-order valence-electron chi connectivity index (χ0n) is 14.8. The van der Waals surface area contributed by atoms with Crippen molar-refractivity contribution in [2.45, 2.75) is 31.5 Å². The molecule has 140 valence electrons. The van der Waals surface area contributed by atoms with E-state index in [0.29, 0.717) is 6.61 Å². The molecule has 2 aromatic carbocycles. The summed E-state index contributed by atoms with van der Waals surface area (Å²) in [4.78, 5) is 11.9. The lowest BCUT2D eigenvalue weighted by Crippen LogP contribution is -2.27. The Labute approximate surface area is 153 Å². The molecule has 0 heterocycles. The molecule has 1 atom stereocenters. The maximum atomic E-state index is 12.1. The third kappa shape index (κ3) is 6.25. The van der Waals surface area contributed by atoms with Gasteiger partial charge in [-0.15, -0.1) is 0 Å². The molecule has 0 aromatic heterocycles. The summed E-state index contributed by atoms with van der Waals surface area (Å²) in [7, 11) is -4.02. The van der Waals surface area contributed by atoms with Crippen LogP contribution < -0.4 is 0 Å². The smallest absolute Gasteiger partial charge is 0.336 e. The number of rotatable bonds is 9. The summed E-state index contributed by atoms with van der Waals surface area (Å²) < 4.78 is 39.6. The molecule has 0 aliphatic carbocycles. The van der Waals surface area contributed by atoms with E-state index in [1.54, 1.807) is 12.1 Å². The maximum absolute atomic E-state index is 12.1. The van der Waals surface area contributed by atoms with Crippen molar-refractivity contribution < 1.29 is 26.9 Å². The predicted molar refractivity (Wildman–Crippen MR) is 96.0 cm³/mol. The average Bonchev–Trinajstić information content (AvgIpc) is 2.62. The van der Waals surface area contributed by atoms with Crippen molar-refractivity contribution in [2.24, 2.45) is 0 Å². The molecule has 0 radical (unpaired) electrons. The molecule has 2 rings (SSSR count). The molecule has 0 aliphatic heterocycles. The molecule has 0 N–H and O–H groups in total. The number of aryl methyl sites for hydroxylation is 1. The molecule has 0 amide bonds. The Bertz CT molecular complexity index is 800. The van der Waals surface area contributed by atoms with Crippen molar-refractivity contribution in [3.8, 4) is 0 Å². The summed E-state index contributed by atoms with van der Waals surface area (Å²) >= 11 is 0. The van der Waals surface area contributed by atoms with Gasteiger partial charge in [0.1, 0.15) is 6.61 Å². The van der Waals surface area contributed by atoms with Gasteiger partial charge in [-0.1, -0.05) is 48.0 Å². The van der Waals surface area contributed by atoms with Crippen LogP contribution in [0.2, 0.25) is 0 Å². The Hall–Kier alpha value is -2.22. The number of esters is 1. The fourth-order valence-corrected chi connectivity index (χ4v) is 3.11. The van der Waals surface area contributed by atoms with E-state index in [1.807, 2.05) is 37.3 Å². The van der Waals surface area contributed by atoms with E-state index in [1.165, 1.54) is 19.1 Å². The van der Waals surface area contributed by atoms with E-state index in [0.717, 1.165) is 11.1 Å². The maximum Gasteiger partial charge on any atom is 0.336 e. The van der Waals surface area contributed by atoms with Gasteiger partial charge in [-0.05, 0) is 31.5 Å². The van der Waals surface area contributed by atoms with Crippen LogP contribution in [0.3, 0.4) is 0 Å². The molecule has 0 spiro atoms. The predicted octanol–water partition coefficient (Wildman–Crippen LogP) is 2.85. The normalized spacial score (nSPS) is 12.5. The molecule has 6 nitrogen and oxygen atoms in total. The number of hydrogen-bond donors (Lipinski definition) is 0. The Morgan fingerprint density at radius 3 is 2.31 bits per heavy atom. The lowest BCUT2D eigenvalue weighted by Gasteiger charge is -2.13. The minimum absolute atomic E-state index is 0.00561. The molecular weight excluding hydrogens is 356 g/mol. The quantitative estimate of drug-likeness (QED) is 0.379. The molecule has 0 saturated heterocycles. The Kier molecular flexibility index (Phi) is 7.32. The third-order valence-corrected chi connectivity index (χ3v) is 4.89. The lowest BCUT2D eigenvalue weighted by atomic mass is 10.2. The summed E-state index contributed by atoms with van der Waals surface area (Å²) in [6.07, 6.45) is -1.24. The van der Waals surface area contributed by atoms with Crippen LogP contribution in [0.4, 0.5) is 0 Å². The first-order valence-corrected chi connectivity index (χ1v) is 9.57. The molecule has 1 unspecified atom stereocenters. The van der Waals surface area contributed by atoms with E-state index in [2.05, 4.69) is 0 Å². The zero-order chi connectivity index (χ0) is 19.0. The summed E-state index contributed by atoms with van der Waals surface area (Å²) in [5.74, 6) is -0.760. The van der Waals surface area contributed by atoms with Crippen LogP contribution in [0, 0.1) is 6.92 Å². The van der Waals surface area contributed by atoms with Gasteiger partial charge < -0.3 is 9.47 Å². The lowest BCUT2D eigenvalue weighted by molar-refractivity contribution is -0.152. The minimum Gasteiger partial charge on any atom is -0.461 e. The van der Waals surface area contributed by atoms with Gasteiger partial charge in [-0.2, -0.15) is 8.42 Å². The molecular formula is C19H22O6S. The van der Waals surface area contributed by atoms with Gasteiger partial charge in [-0.3, -0.25) is 4.18 Å². The van der Waals surface area contributed by atoms with Crippen molar-refractivity contribution in [3.05, 3.63) is 65.7 Å². The Morgan fingerprint density at radius 1 is 1.00 bits per heavy atom. The van der Waals surface area contributed by atoms with Crippen molar-refractivity contribution in [3.63, 3.8) is 0 Å². The zero-order valence-corrected chi connectivity index (χ0v) is 15.6. The molecule has 0 saturated carbocycles. The first-order chi connectivity index (χ1) is 12.4. The van der Waals surface area contributed by atoms with Crippen LogP contribution in [0.25, 0.3) is 0 Å². The first kappa shape index (κ1) is 20.1. The summed E-state index contributed by atoms with van der Waals surface area (Å²) in [6, 6.07) is 15.8. The summed E-state index contributed by atoms with van der Waals surface area (Å²) in [5.41, 5.74) is 1.94. The molecule has 0 bridgehead atoms. The van der Waals surface area contributed by atoms with E-state index >= 15 is 0 Å². The fourth-order valence-electron chi connectivity index (χ4n) is 2.07. The SMILES string of the molecule is Cc1ccc(S(=O)(=O)OC(C)C(=O)OCCOCc2ccccc2)cc1. The van der Waals surface area contributed by atoms with Gasteiger partial charge in [0.05, 0.1) is 18.1 Å². The third-order valence-electron chi connectivity index (χ3n) is 3.50. The summed E-state index contributed by atoms with van der Waals surface area (Å²) in [5, 5.41) is 0. The standard InChI is InChI=1S/C19H22O6S/c1-15-8-10-18(11-9-15)26(21,22)25-16(2)19(20)24-13-12-23-14-17-6-4-3-5-7-17/h3-11,16H,12-14H2,1-2H3. The van der Waals surface area contributed by atoms with Gasteiger partial charge in [-0.25, -0.2) is 4.79 Å². The van der Waals surface area contributed by atoms with Crippen LogP contribution in [-0.2, 0) is 35.2 Å². The van der Waals surface area contributed by atoms with Gasteiger partial charge in [0.15, 0.2) is 6.10 Å². The van der Waals surface area contributed by atoms with Crippen molar-refractivity contribution in [1.82, 2.24) is 0 Å². The highest BCUT2D eigenvalue weighted by atomic mass is 32.2. The molecule has 7 heteroatoms. The second-order valence-electron chi connectivity index (χ2n) is 5.71. The van der Waals surface area contributed by atoms with Gasteiger partial charge in [0.2, 0.25) is 0 Å². The van der Waals surface area contributed by atoms with Gasteiger partial charge in [0.25, 0.3) is 10.1 Å². The van der Waals surface area contributed by atoms with Crippen LogP contribution in [0.15, 0.2) is 59.5 Å². The first-order valence-electron chi connectivity index (χ1n) is 8.17. The topological polar surface area (TPSA) is 78.9 Å². The van der Waals surface area contributed by atoms with Crippen LogP contribution in [-0.4, -0.2) is 33.7 Å². The number of carbonyl (C=O) groups is 1. The second-order valence-corrected chi connectivity index (χ2v) is 7.28. The van der Waals surface area contributed by atoms with E-state index in [-0.39, 0.29) is 18.1 Å². The molecule has 26 heavy (non-hydrogen) atoms. The average molecular weight is 378 g/mol. The van der Waals surface area contributed by atoms with Gasteiger partial charge in [0, 0.05) is 0 Å². The second kappa shape index (κ2) is 9.47.